The number of nitrogens with one attached hydrogen (secondary N) is 2. The summed E-state index contributed by atoms with van der Waals surface area (Å²) in [5.41, 5.74) is 2.40. The Morgan fingerprint density at radius 3 is 2.93 bits per heavy atom. The summed E-state index contributed by atoms with van der Waals surface area (Å²) in [5, 5.41) is 6.84. The number of amides is 1. The van der Waals surface area contributed by atoms with Gasteiger partial charge in [-0.1, -0.05) is 35.3 Å². The van der Waals surface area contributed by atoms with Crippen LogP contribution < -0.4 is 20.1 Å². The third-order valence-corrected chi connectivity index (χ3v) is 5.92. The molecule has 0 spiro atoms. The minimum atomic E-state index is -0.297. The van der Waals surface area contributed by atoms with Crippen molar-refractivity contribution in [1.29, 1.82) is 0 Å². The monoisotopic (exact) mass is 492 g/mol. The van der Waals surface area contributed by atoms with Gasteiger partial charge in [-0.25, -0.2) is 0 Å². The van der Waals surface area contributed by atoms with Gasteiger partial charge in [0.1, 0.15) is 6.61 Å². The fraction of sp³-hybridized carbons (Fsp3) is 0.190. The predicted octanol–water partition coefficient (Wildman–Crippen LogP) is 5.03. The first-order valence-electron chi connectivity index (χ1n) is 8.57. The molecule has 0 aliphatic carbocycles. The molecule has 0 radical (unpaired) electrons. The molecule has 29 heavy (non-hydrogen) atoms. The van der Waals surface area contributed by atoms with Crippen LogP contribution in [0, 0.1) is 19.3 Å². The molecule has 1 aliphatic heterocycles. The van der Waals surface area contributed by atoms with Crippen molar-refractivity contribution in [3.63, 3.8) is 0 Å². The Morgan fingerprint density at radius 1 is 1.41 bits per heavy atom. The van der Waals surface area contributed by atoms with E-state index in [4.69, 9.17) is 27.5 Å². The van der Waals surface area contributed by atoms with E-state index in [1.807, 2.05) is 31.2 Å². The van der Waals surface area contributed by atoms with Gasteiger partial charge in [0.15, 0.2) is 17.0 Å². The molecule has 3 rings (SSSR count). The maximum atomic E-state index is 12.4. The first kappa shape index (κ1) is 21.4. The fourth-order valence-electron chi connectivity index (χ4n) is 2.68. The molecule has 0 bridgehead atoms. The highest BCUT2D eigenvalue weighted by Gasteiger charge is 2.27. The van der Waals surface area contributed by atoms with Crippen LogP contribution >= 0.6 is 39.3 Å². The standard InChI is InChI=1S/C21H18BrClN2O3S/c1-4-7-28-19-15(22)8-13(9-17(19)27-3)10-18-20(26)25-21(29-18)24-16-11-14(23)6-5-12(16)2/h1,5-6,8-11,21,24H,7H2,2-3H3,(H,25,26)/b18-10-. The van der Waals surface area contributed by atoms with Crippen LogP contribution in [0.1, 0.15) is 11.1 Å². The number of rotatable bonds is 6. The van der Waals surface area contributed by atoms with Crippen molar-refractivity contribution in [2.75, 3.05) is 19.0 Å². The highest BCUT2D eigenvalue weighted by Crippen LogP contribution is 2.38. The van der Waals surface area contributed by atoms with E-state index in [-0.39, 0.29) is 18.0 Å². The summed E-state index contributed by atoms with van der Waals surface area (Å²) in [7, 11) is 1.55. The van der Waals surface area contributed by atoms with Gasteiger partial charge < -0.3 is 20.1 Å². The molecule has 1 saturated heterocycles. The van der Waals surface area contributed by atoms with Crippen LogP contribution in [0.15, 0.2) is 39.7 Å². The summed E-state index contributed by atoms with van der Waals surface area (Å²) in [6.07, 6.45) is 7.05. The Morgan fingerprint density at radius 2 is 2.21 bits per heavy atom. The van der Waals surface area contributed by atoms with E-state index in [2.05, 4.69) is 32.5 Å². The number of ether oxygens (including phenoxy) is 2. The van der Waals surface area contributed by atoms with E-state index in [1.165, 1.54) is 11.8 Å². The Labute approximate surface area is 187 Å². The highest BCUT2D eigenvalue weighted by atomic mass is 79.9. The molecular weight excluding hydrogens is 476 g/mol. The lowest BCUT2D eigenvalue weighted by atomic mass is 10.2. The number of thioether (sulfide) groups is 1. The first-order valence-corrected chi connectivity index (χ1v) is 10.6. The zero-order chi connectivity index (χ0) is 21.0. The molecule has 0 saturated carbocycles. The maximum Gasteiger partial charge on any atom is 0.260 e. The van der Waals surface area contributed by atoms with Crippen molar-refractivity contribution in [2.45, 2.75) is 12.4 Å². The third-order valence-electron chi connectivity index (χ3n) is 4.07. The second-order valence-electron chi connectivity index (χ2n) is 6.11. The van der Waals surface area contributed by atoms with E-state index < -0.39 is 0 Å². The summed E-state index contributed by atoms with van der Waals surface area (Å²) in [6, 6.07) is 9.23. The molecule has 1 amide bonds. The molecule has 1 unspecified atom stereocenters. The predicted molar refractivity (Wildman–Crippen MR) is 122 cm³/mol. The largest absolute Gasteiger partial charge is 0.493 e. The van der Waals surface area contributed by atoms with Gasteiger partial charge in [-0.3, -0.25) is 4.79 Å². The number of hydrogen-bond acceptors (Lipinski definition) is 5. The average molecular weight is 494 g/mol. The van der Waals surface area contributed by atoms with Crippen LogP contribution in [0.25, 0.3) is 6.08 Å². The molecule has 1 heterocycles. The lowest BCUT2D eigenvalue weighted by Crippen LogP contribution is -2.31. The molecule has 1 fully saturated rings. The second-order valence-corrected chi connectivity index (χ2v) is 8.55. The topological polar surface area (TPSA) is 59.6 Å². The van der Waals surface area contributed by atoms with E-state index in [1.54, 1.807) is 19.3 Å². The van der Waals surface area contributed by atoms with E-state index in [9.17, 15) is 4.79 Å². The zero-order valence-corrected chi connectivity index (χ0v) is 18.9. The summed E-state index contributed by atoms with van der Waals surface area (Å²) >= 11 is 10.9. The number of halogens is 2. The number of anilines is 1. The number of carbonyl (C=O) groups excluding carboxylic acids is 1. The molecular formula is C21H18BrClN2O3S. The van der Waals surface area contributed by atoms with Crippen molar-refractivity contribution < 1.29 is 14.3 Å². The molecule has 1 aliphatic rings. The van der Waals surface area contributed by atoms with Gasteiger partial charge in [-0.2, -0.15) is 0 Å². The quantitative estimate of drug-likeness (QED) is 0.436. The van der Waals surface area contributed by atoms with Gasteiger partial charge in [-0.05, 0) is 64.3 Å². The molecule has 8 heteroatoms. The van der Waals surface area contributed by atoms with Crippen molar-refractivity contribution in [3.05, 3.63) is 55.9 Å². The zero-order valence-electron chi connectivity index (χ0n) is 15.7. The molecule has 5 nitrogen and oxygen atoms in total. The van der Waals surface area contributed by atoms with Crippen LogP contribution in [0.5, 0.6) is 11.5 Å². The van der Waals surface area contributed by atoms with E-state index in [0.717, 1.165) is 16.8 Å². The highest BCUT2D eigenvalue weighted by molar-refractivity contribution is 9.10. The lowest BCUT2D eigenvalue weighted by Gasteiger charge is -2.15. The summed E-state index contributed by atoms with van der Waals surface area (Å²) < 4.78 is 11.6. The van der Waals surface area contributed by atoms with E-state index >= 15 is 0 Å². The van der Waals surface area contributed by atoms with Gasteiger partial charge in [0.05, 0.1) is 16.5 Å². The van der Waals surface area contributed by atoms with Gasteiger partial charge in [0.2, 0.25) is 0 Å². The molecule has 150 valence electrons. The Kier molecular flexibility index (Phi) is 7.01. The van der Waals surface area contributed by atoms with E-state index in [0.29, 0.717) is 25.9 Å². The Hall–Kier alpha value is -2.27. The average Bonchev–Trinajstić information content (AvgIpc) is 3.02. The molecule has 0 aromatic heterocycles. The minimum Gasteiger partial charge on any atom is -0.493 e. The van der Waals surface area contributed by atoms with Gasteiger partial charge in [-0.15, -0.1) is 6.42 Å². The maximum absolute atomic E-state index is 12.4. The number of aryl methyl sites for hydroxylation is 1. The summed E-state index contributed by atoms with van der Waals surface area (Å²) in [5.74, 6) is 3.31. The smallest absolute Gasteiger partial charge is 0.260 e. The molecule has 2 aromatic carbocycles. The van der Waals surface area contributed by atoms with Crippen LogP contribution in [0.3, 0.4) is 0 Å². The number of methoxy groups -OCH3 is 1. The lowest BCUT2D eigenvalue weighted by molar-refractivity contribution is -0.116. The minimum absolute atomic E-state index is 0.129. The number of carbonyl (C=O) groups is 1. The Bertz CT molecular complexity index is 1020. The summed E-state index contributed by atoms with van der Waals surface area (Å²) in [6.45, 7) is 2.11. The van der Waals surface area contributed by atoms with Gasteiger partial charge in [0.25, 0.3) is 5.91 Å². The second kappa shape index (κ2) is 9.49. The van der Waals surface area contributed by atoms with Gasteiger partial charge in [0, 0.05) is 10.7 Å². The number of terminal acetylenes is 1. The van der Waals surface area contributed by atoms with Crippen LogP contribution in [0.2, 0.25) is 5.02 Å². The van der Waals surface area contributed by atoms with Crippen molar-refractivity contribution >= 4 is 57.0 Å². The molecule has 2 aromatic rings. The van der Waals surface area contributed by atoms with Crippen LogP contribution in [-0.4, -0.2) is 25.1 Å². The Balaban J connectivity index is 1.80. The number of benzene rings is 2. The van der Waals surface area contributed by atoms with Crippen molar-refractivity contribution in [2.24, 2.45) is 0 Å². The number of hydrogen-bond donors (Lipinski definition) is 2. The van der Waals surface area contributed by atoms with Crippen molar-refractivity contribution in [1.82, 2.24) is 5.32 Å². The van der Waals surface area contributed by atoms with Crippen LogP contribution in [-0.2, 0) is 4.79 Å². The van der Waals surface area contributed by atoms with Crippen LogP contribution in [0.4, 0.5) is 5.69 Å². The first-order chi connectivity index (χ1) is 13.9. The van der Waals surface area contributed by atoms with Crippen molar-refractivity contribution in [3.8, 4) is 23.8 Å². The third kappa shape index (κ3) is 5.21. The molecule has 2 N–H and O–H groups in total. The summed E-state index contributed by atoms with van der Waals surface area (Å²) in [4.78, 5) is 13.0. The fourth-order valence-corrected chi connectivity index (χ4v) is 4.41. The molecule has 1 atom stereocenters. The normalized spacial score (nSPS) is 17.0. The van der Waals surface area contributed by atoms with Gasteiger partial charge >= 0.3 is 0 Å². The SMILES string of the molecule is C#CCOc1c(Br)cc(/C=C2\SC(Nc3cc(Cl)ccc3C)NC2=O)cc1OC.